The second-order valence-electron chi connectivity index (χ2n) is 6.15. The van der Waals surface area contributed by atoms with Crippen LogP contribution in [0.1, 0.15) is 30.0 Å². The fourth-order valence-electron chi connectivity index (χ4n) is 3.38. The second-order valence-corrected chi connectivity index (χ2v) is 7.03. The monoisotopic (exact) mass is 342 g/mol. The van der Waals surface area contributed by atoms with Crippen LogP contribution in [0.2, 0.25) is 0 Å². The lowest BCUT2D eigenvalue weighted by Gasteiger charge is -2.34. The van der Waals surface area contributed by atoms with Crippen molar-refractivity contribution in [1.29, 1.82) is 0 Å². The summed E-state index contributed by atoms with van der Waals surface area (Å²) in [6.07, 6.45) is 4.51. The molecule has 0 aliphatic carbocycles. The topological polar surface area (TPSA) is 33.3 Å². The lowest BCUT2D eigenvalue weighted by molar-refractivity contribution is 0.302. The van der Waals surface area contributed by atoms with Crippen LogP contribution < -0.4 is 15.4 Å². The first kappa shape index (κ1) is 17.3. The van der Waals surface area contributed by atoms with E-state index in [1.165, 1.54) is 28.9 Å². The van der Waals surface area contributed by atoms with Gasteiger partial charge in [-0.2, -0.15) is 0 Å². The van der Waals surface area contributed by atoms with Gasteiger partial charge in [-0.3, -0.25) is 0 Å². The Kier molecular flexibility index (Phi) is 6.18. The van der Waals surface area contributed by atoms with Gasteiger partial charge in [0.05, 0.1) is 7.11 Å². The van der Waals surface area contributed by atoms with Crippen molar-refractivity contribution in [1.82, 2.24) is 10.6 Å². The minimum atomic E-state index is 0.370. The molecule has 0 amide bonds. The summed E-state index contributed by atoms with van der Waals surface area (Å²) < 4.78 is 5.53. The smallest absolute Gasteiger partial charge is 0.123 e. The summed E-state index contributed by atoms with van der Waals surface area (Å²) in [6, 6.07) is 18.0. The number of nitrogens with one attached hydrogen (secondary N) is 2. The summed E-state index contributed by atoms with van der Waals surface area (Å²) in [4.78, 5) is 1.27. The minimum Gasteiger partial charge on any atom is -0.496 e. The average molecular weight is 343 g/mol. The summed E-state index contributed by atoms with van der Waals surface area (Å²) in [7, 11) is 1.74. The highest BCUT2D eigenvalue weighted by atomic mass is 32.2. The van der Waals surface area contributed by atoms with Crippen LogP contribution in [0.3, 0.4) is 0 Å². The van der Waals surface area contributed by atoms with Gasteiger partial charge in [0.15, 0.2) is 0 Å². The predicted octanol–water partition coefficient (Wildman–Crippen LogP) is 4.00. The number of benzene rings is 2. The number of hydrogen-bond donors (Lipinski definition) is 2. The molecular weight excluding hydrogens is 316 g/mol. The second kappa shape index (κ2) is 8.56. The van der Waals surface area contributed by atoms with E-state index >= 15 is 0 Å². The van der Waals surface area contributed by atoms with Crippen LogP contribution in [0, 0.1) is 0 Å². The molecule has 2 aromatic rings. The molecule has 0 bridgehead atoms. The zero-order chi connectivity index (χ0) is 16.8. The van der Waals surface area contributed by atoms with Gasteiger partial charge in [0.25, 0.3) is 0 Å². The molecule has 0 aromatic heterocycles. The normalized spacial score (nSPS) is 20.8. The number of ether oxygens (including phenoxy) is 1. The van der Waals surface area contributed by atoms with E-state index in [0.29, 0.717) is 12.1 Å². The van der Waals surface area contributed by atoms with Crippen LogP contribution in [-0.4, -0.2) is 26.0 Å². The van der Waals surface area contributed by atoms with Gasteiger partial charge in [0, 0.05) is 29.1 Å². The number of methoxy groups -OCH3 is 1. The molecular formula is C20H26N2OS. The molecule has 3 rings (SSSR count). The van der Waals surface area contributed by atoms with Crippen molar-refractivity contribution >= 4 is 11.8 Å². The first-order valence-corrected chi connectivity index (χ1v) is 9.77. The molecule has 4 heteroatoms. The molecule has 1 fully saturated rings. The molecule has 1 aliphatic rings. The lowest BCUT2D eigenvalue weighted by atomic mass is 9.92. The third-order valence-electron chi connectivity index (χ3n) is 4.66. The van der Waals surface area contributed by atoms with Gasteiger partial charge in [-0.05, 0) is 49.4 Å². The zero-order valence-electron chi connectivity index (χ0n) is 14.4. The van der Waals surface area contributed by atoms with Gasteiger partial charge in [-0.25, -0.2) is 0 Å². The molecule has 128 valence electrons. The quantitative estimate of drug-likeness (QED) is 0.778. The predicted molar refractivity (Wildman–Crippen MR) is 102 cm³/mol. The third kappa shape index (κ3) is 4.12. The van der Waals surface area contributed by atoms with E-state index < -0.39 is 0 Å². The maximum absolute atomic E-state index is 5.53. The first-order valence-electron chi connectivity index (χ1n) is 8.54. The summed E-state index contributed by atoms with van der Waals surface area (Å²) in [5.74, 6) is 0.959. The van der Waals surface area contributed by atoms with Crippen molar-refractivity contribution in [2.24, 2.45) is 0 Å². The summed E-state index contributed by atoms with van der Waals surface area (Å²) in [5, 5.41) is 7.44. The van der Waals surface area contributed by atoms with E-state index in [1.807, 2.05) is 0 Å². The van der Waals surface area contributed by atoms with Gasteiger partial charge in [0.2, 0.25) is 0 Å². The van der Waals surface area contributed by atoms with Crippen LogP contribution >= 0.6 is 11.8 Å². The summed E-state index contributed by atoms with van der Waals surface area (Å²) in [5.41, 5.74) is 2.58. The van der Waals surface area contributed by atoms with Crippen molar-refractivity contribution < 1.29 is 4.74 Å². The van der Waals surface area contributed by atoms with Crippen molar-refractivity contribution in [3.63, 3.8) is 0 Å². The molecule has 1 saturated heterocycles. The van der Waals surface area contributed by atoms with Gasteiger partial charge in [-0.1, -0.05) is 30.3 Å². The molecule has 2 atom stereocenters. The standard InChI is InChI=1S/C20H26N2OS/c1-23-19-11-10-17(24-2)13-16(19)14-22-18-9-6-12-21-20(18)15-7-4-3-5-8-15/h3-5,7-8,10-11,13,18,20-22H,6,9,12,14H2,1-2H3. The first-order chi connectivity index (χ1) is 11.8. The maximum atomic E-state index is 5.53. The molecule has 2 unspecified atom stereocenters. The average Bonchev–Trinajstić information content (AvgIpc) is 2.67. The molecule has 0 radical (unpaired) electrons. The Labute approximate surface area is 149 Å². The van der Waals surface area contributed by atoms with E-state index in [4.69, 9.17) is 4.74 Å². The fraction of sp³-hybridized carbons (Fsp3) is 0.400. The van der Waals surface area contributed by atoms with Crippen LogP contribution in [0.5, 0.6) is 5.75 Å². The Morgan fingerprint density at radius 1 is 1.21 bits per heavy atom. The number of thioether (sulfide) groups is 1. The number of piperidine rings is 1. The van der Waals surface area contributed by atoms with E-state index in [9.17, 15) is 0 Å². The van der Waals surface area contributed by atoms with E-state index in [0.717, 1.165) is 18.8 Å². The highest BCUT2D eigenvalue weighted by molar-refractivity contribution is 7.98. The number of rotatable bonds is 6. The Morgan fingerprint density at radius 2 is 2.04 bits per heavy atom. The third-order valence-corrected chi connectivity index (χ3v) is 5.38. The maximum Gasteiger partial charge on any atom is 0.123 e. The lowest BCUT2D eigenvalue weighted by Crippen LogP contribution is -2.45. The SMILES string of the molecule is COc1ccc(SC)cc1CNC1CCCNC1c1ccccc1. The minimum absolute atomic E-state index is 0.370. The molecule has 3 nitrogen and oxygen atoms in total. The Morgan fingerprint density at radius 3 is 2.79 bits per heavy atom. The van der Waals surface area contributed by atoms with Crippen molar-refractivity contribution in [2.45, 2.75) is 36.4 Å². The van der Waals surface area contributed by atoms with Crippen molar-refractivity contribution in [2.75, 3.05) is 19.9 Å². The molecule has 2 N–H and O–H groups in total. The molecule has 1 aliphatic heterocycles. The van der Waals surface area contributed by atoms with Gasteiger partial charge in [-0.15, -0.1) is 11.8 Å². The highest BCUT2D eigenvalue weighted by Crippen LogP contribution is 2.27. The Hall–Kier alpha value is -1.49. The summed E-state index contributed by atoms with van der Waals surface area (Å²) in [6.45, 7) is 1.91. The molecule has 1 heterocycles. The summed E-state index contributed by atoms with van der Waals surface area (Å²) >= 11 is 1.77. The number of hydrogen-bond acceptors (Lipinski definition) is 4. The Balaban J connectivity index is 1.72. The molecule has 0 spiro atoms. The van der Waals surface area contributed by atoms with Crippen molar-refractivity contribution in [3.8, 4) is 5.75 Å². The zero-order valence-corrected chi connectivity index (χ0v) is 15.2. The molecule has 0 saturated carbocycles. The molecule has 24 heavy (non-hydrogen) atoms. The largest absolute Gasteiger partial charge is 0.496 e. The van der Waals surface area contributed by atoms with Gasteiger partial charge >= 0.3 is 0 Å². The van der Waals surface area contributed by atoms with Crippen molar-refractivity contribution in [3.05, 3.63) is 59.7 Å². The van der Waals surface area contributed by atoms with E-state index in [-0.39, 0.29) is 0 Å². The van der Waals surface area contributed by atoms with Crippen LogP contribution in [0.15, 0.2) is 53.4 Å². The highest BCUT2D eigenvalue weighted by Gasteiger charge is 2.25. The van der Waals surface area contributed by atoms with Gasteiger partial charge < -0.3 is 15.4 Å². The van der Waals surface area contributed by atoms with Crippen LogP contribution in [0.4, 0.5) is 0 Å². The van der Waals surface area contributed by atoms with Crippen LogP contribution in [-0.2, 0) is 6.54 Å². The van der Waals surface area contributed by atoms with Crippen LogP contribution in [0.25, 0.3) is 0 Å². The van der Waals surface area contributed by atoms with E-state index in [1.54, 1.807) is 18.9 Å². The molecule has 2 aromatic carbocycles. The van der Waals surface area contributed by atoms with Gasteiger partial charge in [0.1, 0.15) is 5.75 Å². The fourth-order valence-corrected chi connectivity index (χ4v) is 3.84. The van der Waals surface area contributed by atoms with E-state index in [2.05, 4.69) is 65.4 Å². The Bertz CT molecular complexity index is 647.